The number of hydrogen-bond donors (Lipinski definition) is 0. The molecule has 2 fully saturated rings. The van der Waals surface area contributed by atoms with Gasteiger partial charge in [0.25, 0.3) is 5.91 Å². The number of hydrogen-bond acceptors (Lipinski definition) is 4. The number of pyridine rings is 1. The highest BCUT2D eigenvalue weighted by molar-refractivity contribution is 5.98. The minimum Gasteiger partial charge on any atom is -0.362 e. The number of likely N-dealkylation sites (tertiary alicyclic amines) is 2. The van der Waals surface area contributed by atoms with Crippen LogP contribution in [0.5, 0.6) is 0 Å². The zero-order chi connectivity index (χ0) is 17.8. The third-order valence-electron chi connectivity index (χ3n) is 5.74. The van der Waals surface area contributed by atoms with E-state index in [2.05, 4.69) is 16.8 Å². The van der Waals surface area contributed by atoms with Gasteiger partial charge in [-0.2, -0.15) is 0 Å². The highest BCUT2D eigenvalue weighted by atomic mass is 16.2. The molecule has 25 heavy (non-hydrogen) atoms. The van der Waals surface area contributed by atoms with Crippen LogP contribution in [0.4, 0.5) is 5.82 Å². The lowest BCUT2D eigenvalue weighted by molar-refractivity contribution is 0.0654. The number of rotatable bonds is 4. The second kappa shape index (κ2) is 8.17. The van der Waals surface area contributed by atoms with Gasteiger partial charge in [-0.25, -0.2) is 4.98 Å². The van der Waals surface area contributed by atoms with Crippen molar-refractivity contribution < 1.29 is 4.79 Å². The van der Waals surface area contributed by atoms with Crippen molar-refractivity contribution in [3.05, 3.63) is 23.9 Å². The van der Waals surface area contributed by atoms with Crippen molar-refractivity contribution in [1.82, 2.24) is 14.8 Å². The summed E-state index contributed by atoms with van der Waals surface area (Å²) < 4.78 is 0. The Bertz CT molecular complexity index is 573. The van der Waals surface area contributed by atoms with Crippen LogP contribution < -0.4 is 4.90 Å². The third-order valence-corrected chi connectivity index (χ3v) is 5.74. The monoisotopic (exact) mass is 344 g/mol. The van der Waals surface area contributed by atoms with Crippen LogP contribution in [0.25, 0.3) is 0 Å². The quantitative estimate of drug-likeness (QED) is 0.842. The summed E-state index contributed by atoms with van der Waals surface area (Å²) in [4.78, 5) is 23.8. The molecule has 1 aromatic rings. The zero-order valence-electron chi connectivity index (χ0n) is 15.9. The van der Waals surface area contributed by atoms with Gasteiger partial charge < -0.3 is 14.7 Å². The van der Waals surface area contributed by atoms with E-state index in [4.69, 9.17) is 0 Å². The zero-order valence-corrected chi connectivity index (χ0v) is 15.9. The molecule has 2 aliphatic heterocycles. The predicted molar refractivity (Wildman–Crippen MR) is 102 cm³/mol. The molecule has 0 saturated carbocycles. The Kier molecular flexibility index (Phi) is 5.94. The molecule has 0 aromatic carbocycles. The summed E-state index contributed by atoms with van der Waals surface area (Å²) >= 11 is 0. The summed E-state index contributed by atoms with van der Waals surface area (Å²) in [5.41, 5.74) is 0.718. The van der Waals surface area contributed by atoms with E-state index in [1.54, 1.807) is 6.20 Å². The van der Waals surface area contributed by atoms with Crippen LogP contribution in [0.1, 0.15) is 43.0 Å². The normalized spacial score (nSPS) is 20.7. The minimum absolute atomic E-state index is 0.127. The smallest absolute Gasteiger partial charge is 0.257 e. The standard InChI is InChI=1S/C20H32N4O/c1-16-6-11-23(12-7-16)15-17-8-13-24(14-9-17)20(25)18-5-4-10-21-19(18)22(2)3/h4-5,10,16-17H,6-9,11-15H2,1-3H3. The summed E-state index contributed by atoms with van der Waals surface area (Å²) in [5.74, 6) is 2.51. The van der Waals surface area contributed by atoms with Crippen LogP contribution >= 0.6 is 0 Å². The third kappa shape index (κ3) is 4.51. The molecule has 3 rings (SSSR count). The maximum Gasteiger partial charge on any atom is 0.257 e. The maximum absolute atomic E-state index is 12.9. The number of aromatic nitrogens is 1. The molecule has 0 aliphatic carbocycles. The summed E-state index contributed by atoms with van der Waals surface area (Å²) in [5, 5.41) is 0. The summed E-state index contributed by atoms with van der Waals surface area (Å²) in [7, 11) is 3.87. The second-order valence-electron chi connectivity index (χ2n) is 7.99. The van der Waals surface area contributed by atoms with Gasteiger partial charge in [0.05, 0.1) is 5.56 Å². The van der Waals surface area contributed by atoms with E-state index in [1.165, 1.54) is 32.5 Å². The Morgan fingerprint density at radius 1 is 1.16 bits per heavy atom. The number of anilines is 1. The summed E-state index contributed by atoms with van der Waals surface area (Å²) in [6.07, 6.45) is 6.67. The van der Waals surface area contributed by atoms with Crippen LogP contribution in [0.3, 0.4) is 0 Å². The number of carbonyl (C=O) groups is 1. The van der Waals surface area contributed by atoms with Gasteiger partial charge in [-0.15, -0.1) is 0 Å². The van der Waals surface area contributed by atoms with E-state index in [0.717, 1.165) is 49.1 Å². The number of amides is 1. The fourth-order valence-electron chi connectivity index (χ4n) is 4.02. The molecule has 3 heterocycles. The van der Waals surface area contributed by atoms with Gasteiger partial charge in [0.2, 0.25) is 0 Å². The Labute approximate surface area is 152 Å². The van der Waals surface area contributed by atoms with E-state index < -0.39 is 0 Å². The average Bonchev–Trinajstić information content (AvgIpc) is 2.63. The largest absolute Gasteiger partial charge is 0.362 e. The Morgan fingerprint density at radius 3 is 2.48 bits per heavy atom. The lowest BCUT2D eigenvalue weighted by atomic mass is 9.93. The first kappa shape index (κ1) is 18.2. The summed E-state index contributed by atoms with van der Waals surface area (Å²) in [6.45, 7) is 7.82. The molecule has 0 spiro atoms. The summed E-state index contributed by atoms with van der Waals surface area (Å²) in [6, 6.07) is 3.75. The van der Waals surface area contributed by atoms with Crippen molar-refractivity contribution in [3.8, 4) is 0 Å². The highest BCUT2D eigenvalue weighted by Crippen LogP contribution is 2.24. The molecule has 0 unspecified atom stereocenters. The van der Waals surface area contributed by atoms with E-state index in [-0.39, 0.29) is 5.91 Å². The first-order valence-corrected chi connectivity index (χ1v) is 9.68. The van der Waals surface area contributed by atoms with Crippen molar-refractivity contribution in [3.63, 3.8) is 0 Å². The number of nitrogens with zero attached hydrogens (tertiary/aromatic N) is 4. The number of carbonyl (C=O) groups excluding carboxylic acids is 1. The molecule has 1 aromatic heterocycles. The van der Waals surface area contributed by atoms with Gasteiger partial charge in [0.15, 0.2) is 0 Å². The Morgan fingerprint density at radius 2 is 1.84 bits per heavy atom. The second-order valence-corrected chi connectivity index (χ2v) is 7.99. The Balaban J connectivity index is 1.53. The lowest BCUT2D eigenvalue weighted by Gasteiger charge is -2.37. The van der Waals surface area contributed by atoms with Crippen LogP contribution in [-0.2, 0) is 0 Å². The van der Waals surface area contributed by atoms with Crippen LogP contribution in [0.15, 0.2) is 18.3 Å². The average molecular weight is 345 g/mol. The Hall–Kier alpha value is -1.62. The molecule has 0 N–H and O–H groups in total. The number of piperidine rings is 2. The SMILES string of the molecule is CC1CCN(CC2CCN(C(=O)c3cccnc3N(C)C)CC2)CC1. The van der Waals surface area contributed by atoms with Crippen LogP contribution in [-0.4, -0.2) is 67.5 Å². The van der Waals surface area contributed by atoms with Crippen molar-refractivity contribution in [2.75, 3.05) is 51.7 Å². The molecule has 5 nitrogen and oxygen atoms in total. The van der Waals surface area contributed by atoms with Crippen molar-refractivity contribution in [2.45, 2.75) is 32.6 Å². The van der Waals surface area contributed by atoms with Crippen LogP contribution in [0.2, 0.25) is 0 Å². The fourth-order valence-corrected chi connectivity index (χ4v) is 4.02. The molecular formula is C20H32N4O. The van der Waals surface area contributed by atoms with Crippen molar-refractivity contribution >= 4 is 11.7 Å². The van der Waals surface area contributed by atoms with Gasteiger partial charge in [-0.1, -0.05) is 6.92 Å². The lowest BCUT2D eigenvalue weighted by Crippen LogP contribution is -2.43. The van der Waals surface area contributed by atoms with Gasteiger partial charge in [0, 0.05) is 39.9 Å². The molecule has 138 valence electrons. The molecule has 0 bridgehead atoms. The van der Waals surface area contributed by atoms with E-state index in [1.807, 2.05) is 36.0 Å². The van der Waals surface area contributed by atoms with E-state index in [9.17, 15) is 4.79 Å². The van der Waals surface area contributed by atoms with E-state index in [0.29, 0.717) is 0 Å². The maximum atomic E-state index is 12.9. The van der Waals surface area contributed by atoms with Gasteiger partial charge in [-0.3, -0.25) is 4.79 Å². The van der Waals surface area contributed by atoms with Crippen LogP contribution in [0, 0.1) is 11.8 Å². The molecule has 1 amide bonds. The fraction of sp³-hybridized carbons (Fsp3) is 0.700. The van der Waals surface area contributed by atoms with Gasteiger partial charge >= 0.3 is 0 Å². The first-order chi connectivity index (χ1) is 12.0. The molecule has 2 aliphatic rings. The highest BCUT2D eigenvalue weighted by Gasteiger charge is 2.27. The topological polar surface area (TPSA) is 39.7 Å². The first-order valence-electron chi connectivity index (χ1n) is 9.68. The molecule has 0 atom stereocenters. The van der Waals surface area contributed by atoms with Crippen molar-refractivity contribution in [2.24, 2.45) is 11.8 Å². The van der Waals surface area contributed by atoms with Gasteiger partial charge in [0.1, 0.15) is 5.82 Å². The minimum atomic E-state index is 0.127. The predicted octanol–water partition coefficient (Wildman–Crippen LogP) is 2.73. The molecular weight excluding hydrogens is 312 g/mol. The van der Waals surface area contributed by atoms with Gasteiger partial charge in [-0.05, 0) is 62.7 Å². The van der Waals surface area contributed by atoms with Crippen molar-refractivity contribution in [1.29, 1.82) is 0 Å². The molecule has 0 radical (unpaired) electrons. The van der Waals surface area contributed by atoms with E-state index >= 15 is 0 Å². The molecule has 5 heteroatoms. The molecule has 2 saturated heterocycles.